The largest absolute Gasteiger partial charge is 0.467 e. The fourth-order valence-corrected chi connectivity index (χ4v) is 2.07. The number of rotatable bonds is 6. The average molecular weight is 243 g/mol. The van der Waals surface area contributed by atoms with Crippen molar-refractivity contribution in [3.05, 3.63) is 36.8 Å². The van der Waals surface area contributed by atoms with Gasteiger partial charge in [-0.05, 0) is 12.1 Å². The lowest BCUT2D eigenvalue weighted by molar-refractivity contribution is -0.118. The molecule has 0 radical (unpaired) electrons. The van der Waals surface area contributed by atoms with Gasteiger partial charge in [0, 0.05) is 0 Å². The van der Waals surface area contributed by atoms with E-state index in [4.69, 9.17) is 4.42 Å². The predicted molar refractivity (Wildman–Crippen MR) is 59.4 cm³/mol. The lowest BCUT2D eigenvalue weighted by Gasteiger charge is -2.03. The number of furan rings is 1. The fourth-order valence-electron chi connectivity index (χ4n) is 1.09. The number of hydrogen-bond acceptors (Lipinski definition) is 4. The first-order chi connectivity index (χ1) is 7.53. The summed E-state index contributed by atoms with van der Waals surface area (Å²) < 4.78 is 27.5. The molecule has 1 aromatic heterocycles. The molecule has 0 unspecified atom stereocenters. The molecule has 0 aliphatic heterocycles. The monoisotopic (exact) mass is 243 g/mol. The maximum atomic E-state index is 11.3. The van der Waals surface area contributed by atoms with Gasteiger partial charge in [-0.2, -0.15) is 0 Å². The first-order valence-corrected chi connectivity index (χ1v) is 6.46. The van der Waals surface area contributed by atoms with Gasteiger partial charge in [0.25, 0.3) is 0 Å². The zero-order chi connectivity index (χ0) is 12.0. The van der Waals surface area contributed by atoms with Crippen LogP contribution >= 0.6 is 0 Å². The number of carbonyl (C=O) groups excluding carboxylic acids is 1. The summed E-state index contributed by atoms with van der Waals surface area (Å²) in [5.41, 5.74) is 0. The van der Waals surface area contributed by atoms with Crippen LogP contribution in [0.5, 0.6) is 0 Å². The molecule has 1 heterocycles. The van der Waals surface area contributed by atoms with Gasteiger partial charge < -0.3 is 9.73 Å². The lowest BCUT2D eigenvalue weighted by atomic mass is 10.4. The van der Waals surface area contributed by atoms with Gasteiger partial charge in [0.1, 0.15) is 11.5 Å². The highest BCUT2D eigenvalue weighted by atomic mass is 32.2. The number of nitrogens with one attached hydrogen (secondary N) is 1. The molecule has 0 fully saturated rings. The highest BCUT2D eigenvalue weighted by Crippen LogP contribution is 1.98. The summed E-state index contributed by atoms with van der Waals surface area (Å²) in [4.78, 5) is 11.3. The Labute approximate surface area is 94.1 Å². The van der Waals surface area contributed by atoms with Crippen LogP contribution in [0.1, 0.15) is 5.76 Å². The van der Waals surface area contributed by atoms with Crippen LogP contribution in [0, 0.1) is 0 Å². The SMILES string of the molecule is C=CCS(=O)(=O)CC(=O)NCc1ccco1. The molecule has 1 aromatic rings. The molecule has 0 aromatic carbocycles. The molecule has 0 spiro atoms. The molecule has 5 nitrogen and oxygen atoms in total. The standard InChI is InChI=1S/C10H13NO4S/c1-2-6-16(13,14)8-10(12)11-7-9-4-3-5-15-9/h2-5H,1,6-8H2,(H,11,12). The summed E-state index contributed by atoms with van der Waals surface area (Å²) in [7, 11) is -3.38. The second-order valence-electron chi connectivity index (χ2n) is 3.20. The third-order valence-electron chi connectivity index (χ3n) is 1.76. The molecule has 1 N–H and O–H groups in total. The van der Waals surface area contributed by atoms with E-state index in [1.807, 2.05) is 0 Å². The predicted octanol–water partition coefficient (Wildman–Crippen LogP) is 0.497. The Bertz CT molecular complexity index is 447. The molecular formula is C10H13NO4S. The van der Waals surface area contributed by atoms with Crippen LogP contribution in [0.3, 0.4) is 0 Å². The van der Waals surface area contributed by atoms with Crippen molar-refractivity contribution in [2.24, 2.45) is 0 Å². The molecular weight excluding hydrogens is 230 g/mol. The van der Waals surface area contributed by atoms with Crippen LogP contribution in [0.15, 0.2) is 35.5 Å². The maximum absolute atomic E-state index is 11.3. The van der Waals surface area contributed by atoms with Gasteiger partial charge in [-0.3, -0.25) is 4.79 Å². The summed E-state index contributed by atoms with van der Waals surface area (Å²) in [6.45, 7) is 3.50. The molecule has 16 heavy (non-hydrogen) atoms. The van der Waals surface area contributed by atoms with Crippen molar-refractivity contribution in [2.75, 3.05) is 11.5 Å². The van der Waals surface area contributed by atoms with Gasteiger partial charge in [-0.1, -0.05) is 6.08 Å². The molecule has 1 rings (SSSR count). The van der Waals surface area contributed by atoms with Crippen molar-refractivity contribution in [1.82, 2.24) is 5.32 Å². The molecule has 0 bridgehead atoms. The highest BCUT2D eigenvalue weighted by molar-refractivity contribution is 7.92. The zero-order valence-electron chi connectivity index (χ0n) is 8.68. The molecule has 0 aliphatic carbocycles. The van der Waals surface area contributed by atoms with Gasteiger partial charge in [0.15, 0.2) is 9.84 Å². The van der Waals surface area contributed by atoms with E-state index < -0.39 is 21.5 Å². The zero-order valence-corrected chi connectivity index (χ0v) is 9.50. The lowest BCUT2D eigenvalue weighted by Crippen LogP contribution is -2.30. The molecule has 0 atom stereocenters. The van der Waals surface area contributed by atoms with Crippen LogP contribution < -0.4 is 5.32 Å². The van der Waals surface area contributed by atoms with Gasteiger partial charge >= 0.3 is 0 Å². The van der Waals surface area contributed by atoms with E-state index in [2.05, 4.69) is 11.9 Å². The molecule has 0 aliphatic rings. The molecule has 1 amide bonds. The van der Waals surface area contributed by atoms with Crippen molar-refractivity contribution >= 4 is 15.7 Å². The van der Waals surface area contributed by atoms with Crippen LogP contribution in [-0.2, 0) is 21.2 Å². The van der Waals surface area contributed by atoms with E-state index in [-0.39, 0.29) is 12.3 Å². The summed E-state index contributed by atoms with van der Waals surface area (Å²) in [6, 6.07) is 3.38. The van der Waals surface area contributed by atoms with Crippen molar-refractivity contribution < 1.29 is 17.6 Å². The Morgan fingerprint density at radius 2 is 2.31 bits per heavy atom. The van der Waals surface area contributed by atoms with Crippen LogP contribution in [0.25, 0.3) is 0 Å². The first-order valence-electron chi connectivity index (χ1n) is 4.64. The summed E-state index contributed by atoms with van der Waals surface area (Å²) in [5, 5.41) is 2.45. The summed E-state index contributed by atoms with van der Waals surface area (Å²) in [6.07, 6.45) is 2.74. The minimum atomic E-state index is -3.38. The van der Waals surface area contributed by atoms with Crippen LogP contribution in [0.2, 0.25) is 0 Å². The Morgan fingerprint density at radius 1 is 1.56 bits per heavy atom. The average Bonchev–Trinajstić information content (AvgIpc) is 2.66. The Morgan fingerprint density at radius 3 is 2.88 bits per heavy atom. The molecule has 0 saturated carbocycles. The quantitative estimate of drug-likeness (QED) is 0.738. The van der Waals surface area contributed by atoms with Crippen molar-refractivity contribution in [3.8, 4) is 0 Å². The third-order valence-corrected chi connectivity index (χ3v) is 3.21. The smallest absolute Gasteiger partial charge is 0.235 e. The normalized spacial score (nSPS) is 11.0. The van der Waals surface area contributed by atoms with E-state index >= 15 is 0 Å². The first kappa shape index (κ1) is 12.5. The number of hydrogen-bond donors (Lipinski definition) is 1. The number of carbonyl (C=O) groups is 1. The van der Waals surface area contributed by atoms with E-state index in [1.54, 1.807) is 12.1 Å². The van der Waals surface area contributed by atoms with E-state index in [1.165, 1.54) is 12.3 Å². The Kier molecular flexibility index (Phi) is 4.30. The van der Waals surface area contributed by atoms with Crippen molar-refractivity contribution in [1.29, 1.82) is 0 Å². The number of sulfone groups is 1. The Hall–Kier alpha value is -1.56. The summed E-state index contributed by atoms with van der Waals surface area (Å²) >= 11 is 0. The summed E-state index contributed by atoms with van der Waals surface area (Å²) in [5.74, 6) is -0.686. The van der Waals surface area contributed by atoms with E-state index in [0.29, 0.717) is 5.76 Å². The van der Waals surface area contributed by atoms with Gasteiger partial charge in [-0.15, -0.1) is 6.58 Å². The van der Waals surface area contributed by atoms with E-state index in [0.717, 1.165) is 0 Å². The van der Waals surface area contributed by atoms with Crippen molar-refractivity contribution in [3.63, 3.8) is 0 Å². The van der Waals surface area contributed by atoms with Gasteiger partial charge in [-0.25, -0.2) is 8.42 Å². The van der Waals surface area contributed by atoms with Gasteiger partial charge in [0.2, 0.25) is 5.91 Å². The topological polar surface area (TPSA) is 76.4 Å². The molecule has 6 heteroatoms. The van der Waals surface area contributed by atoms with E-state index in [9.17, 15) is 13.2 Å². The van der Waals surface area contributed by atoms with Crippen LogP contribution in [0.4, 0.5) is 0 Å². The second kappa shape index (κ2) is 5.50. The Balaban J connectivity index is 2.39. The number of amides is 1. The van der Waals surface area contributed by atoms with Crippen LogP contribution in [-0.4, -0.2) is 25.8 Å². The fraction of sp³-hybridized carbons (Fsp3) is 0.300. The second-order valence-corrected chi connectivity index (χ2v) is 5.31. The van der Waals surface area contributed by atoms with Crippen molar-refractivity contribution in [2.45, 2.75) is 6.54 Å². The highest BCUT2D eigenvalue weighted by Gasteiger charge is 2.14. The molecule has 0 saturated heterocycles. The molecule has 88 valence electrons. The third kappa shape index (κ3) is 4.31. The minimum absolute atomic E-state index is 0.190. The maximum Gasteiger partial charge on any atom is 0.235 e. The van der Waals surface area contributed by atoms with Gasteiger partial charge in [0.05, 0.1) is 18.6 Å². The minimum Gasteiger partial charge on any atom is -0.467 e.